The molecular weight excluding hydrogens is 398 g/mol. The highest BCUT2D eigenvalue weighted by Crippen LogP contribution is 2.38. The van der Waals surface area contributed by atoms with Crippen molar-refractivity contribution in [1.29, 1.82) is 0 Å². The standard InChI is InChI=1S/C24H27NO6/c1-27-21-11-19(12-22(28-2)24(21)29-3)13-23(26)25-14-17-6-4-7-18(10-17)15-30-16-20-8-5-9-31-20/h4-12H,13-16H2,1-3H3,(H,25,26). The van der Waals surface area contributed by atoms with Crippen molar-refractivity contribution < 1.29 is 28.2 Å². The van der Waals surface area contributed by atoms with Crippen LogP contribution in [0.15, 0.2) is 59.2 Å². The van der Waals surface area contributed by atoms with Crippen LogP contribution in [0.4, 0.5) is 0 Å². The molecule has 0 aliphatic rings. The number of hydrogen-bond donors (Lipinski definition) is 1. The SMILES string of the molecule is COc1cc(CC(=O)NCc2cccc(COCc3ccco3)c2)cc(OC)c1OC. The molecule has 7 nitrogen and oxygen atoms in total. The fourth-order valence-corrected chi connectivity index (χ4v) is 3.18. The highest BCUT2D eigenvalue weighted by atomic mass is 16.5. The molecule has 0 saturated carbocycles. The predicted octanol–water partition coefficient (Wildman–Crippen LogP) is 3.88. The molecule has 0 saturated heterocycles. The van der Waals surface area contributed by atoms with Crippen molar-refractivity contribution >= 4 is 5.91 Å². The van der Waals surface area contributed by atoms with Crippen molar-refractivity contribution in [2.45, 2.75) is 26.2 Å². The highest BCUT2D eigenvalue weighted by molar-refractivity contribution is 5.79. The van der Waals surface area contributed by atoms with Crippen molar-refractivity contribution in [2.24, 2.45) is 0 Å². The zero-order chi connectivity index (χ0) is 22.1. The third kappa shape index (κ3) is 6.26. The van der Waals surface area contributed by atoms with E-state index in [2.05, 4.69) is 5.32 Å². The third-order valence-electron chi connectivity index (χ3n) is 4.66. The van der Waals surface area contributed by atoms with Crippen LogP contribution in [0.2, 0.25) is 0 Å². The van der Waals surface area contributed by atoms with E-state index in [1.54, 1.807) is 39.7 Å². The van der Waals surface area contributed by atoms with Crippen LogP contribution in [0.3, 0.4) is 0 Å². The quantitative estimate of drug-likeness (QED) is 0.502. The Bertz CT molecular complexity index is 958. The van der Waals surface area contributed by atoms with E-state index in [0.717, 1.165) is 22.5 Å². The minimum absolute atomic E-state index is 0.103. The van der Waals surface area contributed by atoms with Gasteiger partial charge in [0, 0.05) is 6.54 Å². The van der Waals surface area contributed by atoms with Gasteiger partial charge in [0.15, 0.2) is 11.5 Å². The summed E-state index contributed by atoms with van der Waals surface area (Å²) in [5.41, 5.74) is 2.80. The van der Waals surface area contributed by atoms with Crippen LogP contribution in [-0.4, -0.2) is 27.2 Å². The molecular formula is C24H27NO6. The second-order valence-electron chi connectivity index (χ2n) is 6.88. The van der Waals surface area contributed by atoms with Gasteiger partial charge >= 0.3 is 0 Å². The molecule has 0 radical (unpaired) electrons. The van der Waals surface area contributed by atoms with Gasteiger partial charge in [-0.3, -0.25) is 4.79 Å². The van der Waals surface area contributed by atoms with Crippen LogP contribution in [0, 0.1) is 0 Å². The largest absolute Gasteiger partial charge is 0.493 e. The average Bonchev–Trinajstić information content (AvgIpc) is 3.31. The monoisotopic (exact) mass is 425 g/mol. The zero-order valence-corrected chi connectivity index (χ0v) is 18.0. The predicted molar refractivity (Wildman–Crippen MR) is 115 cm³/mol. The lowest BCUT2D eigenvalue weighted by Crippen LogP contribution is -2.24. The molecule has 0 aliphatic heterocycles. The van der Waals surface area contributed by atoms with E-state index in [-0.39, 0.29) is 12.3 Å². The minimum atomic E-state index is -0.103. The second kappa shape index (κ2) is 11.1. The summed E-state index contributed by atoms with van der Waals surface area (Å²) >= 11 is 0. The van der Waals surface area contributed by atoms with Gasteiger partial charge < -0.3 is 28.7 Å². The summed E-state index contributed by atoms with van der Waals surface area (Å²) in [6, 6.07) is 15.2. The number of furan rings is 1. The Morgan fingerprint density at radius 1 is 0.871 bits per heavy atom. The summed E-state index contributed by atoms with van der Waals surface area (Å²) in [6.45, 7) is 1.31. The maximum absolute atomic E-state index is 12.5. The molecule has 1 N–H and O–H groups in total. The van der Waals surface area contributed by atoms with Gasteiger partial charge in [-0.25, -0.2) is 0 Å². The van der Waals surface area contributed by atoms with Crippen molar-refractivity contribution in [3.63, 3.8) is 0 Å². The molecule has 7 heteroatoms. The van der Waals surface area contributed by atoms with E-state index in [1.807, 2.05) is 36.4 Å². The van der Waals surface area contributed by atoms with Crippen LogP contribution >= 0.6 is 0 Å². The molecule has 2 aromatic carbocycles. The normalized spacial score (nSPS) is 10.5. The second-order valence-corrected chi connectivity index (χ2v) is 6.88. The smallest absolute Gasteiger partial charge is 0.224 e. The lowest BCUT2D eigenvalue weighted by molar-refractivity contribution is -0.120. The molecule has 1 heterocycles. The van der Waals surface area contributed by atoms with Gasteiger partial charge in [0.25, 0.3) is 0 Å². The Labute approximate surface area is 181 Å². The molecule has 0 unspecified atom stereocenters. The number of carbonyl (C=O) groups is 1. The van der Waals surface area contributed by atoms with Gasteiger partial charge in [-0.2, -0.15) is 0 Å². The van der Waals surface area contributed by atoms with E-state index in [4.69, 9.17) is 23.4 Å². The van der Waals surface area contributed by atoms with E-state index in [1.165, 1.54) is 0 Å². The summed E-state index contributed by atoms with van der Waals surface area (Å²) in [7, 11) is 4.64. The fourth-order valence-electron chi connectivity index (χ4n) is 3.18. The van der Waals surface area contributed by atoms with Crippen LogP contribution in [0.1, 0.15) is 22.5 Å². The molecule has 3 rings (SSSR count). The number of benzene rings is 2. The number of methoxy groups -OCH3 is 3. The first kappa shape index (κ1) is 22.2. The van der Waals surface area contributed by atoms with E-state index in [9.17, 15) is 4.79 Å². The van der Waals surface area contributed by atoms with Gasteiger partial charge in [-0.1, -0.05) is 24.3 Å². The first-order valence-electron chi connectivity index (χ1n) is 9.86. The average molecular weight is 425 g/mol. The minimum Gasteiger partial charge on any atom is -0.493 e. The van der Waals surface area contributed by atoms with Crippen LogP contribution in [0.25, 0.3) is 0 Å². The van der Waals surface area contributed by atoms with E-state index < -0.39 is 0 Å². The molecule has 0 spiro atoms. The highest BCUT2D eigenvalue weighted by Gasteiger charge is 2.15. The van der Waals surface area contributed by atoms with Crippen LogP contribution < -0.4 is 19.5 Å². The molecule has 0 fully saturated rings. The number of hydrogen-bond acceptors (Lipinski definition) is 6. The molecule has 1 amide bonds. The van der Waals surface area contributed by atoms with Crippen molar-refractivity contribution in [1.82, 2.24) is 5.32 Å². The Morgan fingerprint density at radius 3 is 2.26 bits per heavy atom. The first-order valence-corrected chi connectivity index (χ1v) is 9.86. The summed E-state index contributed by atoms with van der Waals surface area (Å²) in [4.78, 5) is 12.5. The Hall–Kier alpha value is -3.45. The van der Waals surface area contributed by atoms with Crippen molar-refractivity contribution in [2.75, 3.05) is 21.3 Å². The number of carbonyl (C=O) groups excluding carboxylic acids is 1. The maximum atomic E-state index is 12.5. The summed E-state index contributed by atoms with van der Waals surface area (Å²) in [6.07, 6.45) is 1.82. The van der Waals surface area contributed by atoms with Gasteiger partial charge in [0.2, 0.25) is 11.7 Å². The summed E-state index contributed by atoms with van der Waals surface area (Å²) in [5, 5.41) is 2.95. The lowest BCUT2D eigenvalue weighted by atomic mass is 10.1. The maximum Gasteiger partial charge on any atom is 0.224 e. The topological polar surface area (TPSA) is 79.2 Å². The number of amides is 1. The Kier molecular flexibility index (Phi) is 7.95. The van der Waals surface area contributed by atoms with Gasteiger partial charge in [0.05, 0.1) is 40.6 Å². The van der Waals surface area contributed by atoms with Crippen molar-refractivity contribution in [3.05, 3.63) is 77.2 Å². The summed E-state index contributed by atoms with van der Waals surface area (Å²) < 4.78 is 26.9. The molecule has 0 bridgehead atoms. The zero-order valence-electron chi connectivity index (χ0n) is 18.0. The number of nitrogens with one attached hydrogen (secondary N) is 1. The molecule has 164 valence electrons. The third-order valence-corrected chi connectivity index (χ3v) is 4.66. The number of ether oxygens (including phenoxy) is 4. The molecule has 31 heavy (non-hydrogen) atoms. The molecule has 0 atom stereocenters. The van der Waals surface area contributed by atoms with Crippen molar-refractivity contribution in [3.8, 4) is 17.2 Å². The van der Waals surface area contributed by atoms with Gasteiger partial charge in [0.1, 0.15) is 12.4 Å². The van der Waals surface area contributed by atoms with Crippen LogP contribution in [-0.2, 0) is 35.7 Å². The Balaban J connectivity index is 1.53. The number of rotatable bonds is 11. The Morgan fingerprint density at radius 2 is 1.61 bits per heavy atom. The first-order chi connectivity index (χ1) is 15.1. The fraction of sp³-hybridized carbons (Fsp3) is 0.292. The van der Waals surface area contributed by atoms with E-state index >= 15 is 0 Å². The van der Waals surface area contributed by atoms with Gasteiger partial charge in [-0.05, 0) is 41.0 Å². The lowest BCUT2D eigenvalue weighted by Gasteiger charge is -2.14. The van der Waals surface area contributed by atoms with Crippen LogP contribution in [0.5, 0.6) is 17.2 Å². The molecule has 3 aromatic rings. The molecule has 1 aromatic heterocycles. The molecule has 0 aliphatic carbocycles. The van der Waals surface area contributed by atoms with Gasteiger partial charge in [-0.15, -0.1) is 0 Å². The van der Waals surface area contributed by atoms with E-state index in [0.29, 0.717) is 37.0 Å². The summed E-state index contributed by atoms with van der Waals surface area (Å²) in [5.74, 6) is 2.22.